The summed E-state index contributed by atoms with van der Waals surface area (Å²) in [5, 5.41) is 24.6. The molecule has 0 bridgehead atoms. The Morgan fingerprint density at radius 1 is 0.950 bits per heavy atom. The molecule has 3 aromatic carbocycles. The smallest absolute Gasteiger partial charge is 0.286 e. The Kier molecular flexibility index (Phi) is 8.00. The van der Waals surface area contributed by atoms with Crippen LogP contribution in [0.25, 0.3) is 0 Å². The van der Waals surface area contributed by atoms with Crippen molar-refractivity contribution in [3.63, 3.8) is 0 Å². The zero-order valence-electron chi connectivity index (χ0n) is 22.1. The number of hydrogen-bond acceptors (Lipinski definition) is 7. The van der Waals surface area contributed by atoms with E-state index in [1.807, 2.05) is 80.6 Å². The highest BCUT2D eigenvalue weighted by molar-refractivity contribution is 8.03. The number of rotatable bonds is 9. The summed E-state index contributed by atoms with van der Waals surface area (Å²) in [6.07, 6.45) is 0. The lowest BCUT2D eigenvalue weighted by atomic mass is 9.75. The highest BCUT2D eigenvalue weighted by atomic mass is 32.2. The maximum atomic E-state index is 15.1. The molecule has 5 rings (SSSR count). The molecule has 0 aliphatic carbocycles. The largest absolute Gasteiger partial charge is 0.296 e. The lowest BCUT2D eigenvalue weighted by Crippen LogP contribution is -2.56. The third kappa shape index (κ3) is 4.90. The molecular weight excluding hydrogens is 546 g/mol. The Morgan fingerprint density at radius 3 is 2.08 bits per heavy atom. The fourth-order valence-electron chi connectivity index (χ4n) is 5.63. The van der Waals surface area contributed by atoms with Gasteiger partial charge in [0.2, 0.25) is 12.5 Å². The van der Waals surface area contributed by atoms with Crippen molar-refractivity contribution in [2.45, 2.75) is 35.8 Å². The van der Waals surface area contributed by atoms with Crippen molar-refractivity contribution >= 4 is 29.4 Å². The van der Waals surface area contributed by atoms with Gasteiger partial charge in [-0.15, -0.1) is 11.8 Å². The van der Waals surface area contributed by atoms with Gasteiger partial charge in [-0.05, 0) is 22.6 Å². The van der Waals surface area contributed by atoms with Crippen LogP contribution in [0, 0.1) is 26.1 Å². The molecule has 2 aliphatic rings. The van der Waals surface area contributed by atoms with Crippen LogP contribution in [-0.2, 0) is 9.54 Å². The number of hydrogen-bond donors (Lipinski definition) is 0. The van der Waals surface area contributed by atoms with E-state index >= 15 is 4.79 Å². The summed E-state index contributed by atoms with van der Waals surface area (Å²) in [6.45, 7) is 3.58. The summed E-state index contributed by atoms with van der Waals surface area (Å²) in [4.78, 5) is 41.0. The van der Waals surface area contributed by atoms with Crippen LogP contribution < -0.4 is 0 Å². The van der Waals surface area contributed by atoms with Crippen molar-refractivity contribution in [1.82, 2.24) is 4.90 Å². The first-order valence-corrected chi connectivity index (χ1v) is 14.9. The average molecular weight is 576 g/mol. The van der Waals surface area contributed by atoms with Crippen molar-refractivity contribution in [3.8, 4) is 0 Å². The van der Waals surface area contributed by atoms with E-state index in [9.17, 15) is 20.2 Å². The monoisotopic (exact) mass is 575 g/mol. The van der Waals surface area contributed by atoms with Gasteiger partial charge in [0.05, 0.1) is 10.2 Å². The number of carbonyl (C=O) groups is 1. The molecular formula is C30H29N3O5S2. The molecule has 0 aromatic heterocycles. The van der Waals surface area contributed by atoms with Crippen molar-refractivity contribution in [2.75, 3.05) is 12.3 Å². The van der Waals surface area contributed by atoms with E-state index in [4.69, 9.17) is 0 Å². The average Bonchev–Trinajstić information content (AvgIpc) is 3.40. The molecule has 3 aromatic rings. The zero-order chi connectivity index (χ0) is 28.4. The fourth-order valence-corrected chi connectivity index (χ4v) is 8.98. The van der Waals surface area contributed by atoms with E-state index in [2.05, 4.69) is 0 Å². The number of allylic oxidation sites excluding steroid dienone is 1. The van der Waals surface area contributed by atoms with Gasteiger partial charge in [-0.1, -0.05) is 117 Å². The molecule has 2 heterocycles. The number of fused-ring (bicyclic) bond motifs is 1. The first-order valence-electron chi connectivity index (χ1n) is 13.1. The number of carbonyl (C=O) groups excluding carboxylic acids is 1. The first kappa shape index (κ1) is 27.9. The van der Waals surface area contributed by atoms with Crippen LogP contribution in [0.15, 0.2) is 102 Å². The van der Waals surface area contributed by atoms with Gasteiger partial charge in [0, 0.05) is 16.7 Å². The van der Waals surface area contributed by atoms with Crippen molar-refractivity contribution in [2.24, 2.45) is 5.92 Å². The zero-order valence-corrected chi connectivity index (χ0v) is 23.7. The van der Waals surface area contributed by atoms with Gasteiger partial charge in [-0.2, -0.15) is 0 Å². The molecule has 0 unspecified atom stereocenters. The van der Waals surface area contributed by atoms with E-state index in [-0.39, 0.29) is 33.4 Å². The second-order valence-electron chi connectivity index (χ2n) is 10.2. The summed E-state index contributed by atoms with van der Waals surface area (Å²) in [7, 11) is 0. The fraction of sp³-hybridized carbons (Fsp3) is 0.300. The van der Waals surface area contributed by atoms with Gasteiger partial charge in [-0.25, -0.2) is 0 Å². The standard InChI is InChI=1S/C30H29N3O5S2/c1-20(2)24-19-39-28-27(33(37)38)26(22-14-8-4-9-15-22)30(29(34)32(24)28,23-16-10-5-11-17-23)40-25(18-31(35)36)21-12-6-3-7-13-21/h3-17,20,24-26H,18-19H2,1-2H3/t24-,25+,26-,30-/m1/s1. The number of nitrogens with zero attached hydrogens (tertiary/aromatic N) is 3. The van der Waals surface area contributed by atoms with Crippen LogP contribution >= 0.6 is 23.5 Å². The Balaban J connectivity index is 1.85. The van der Waals surface area contributed by atoms with Gasteiger partial charge in [0.15, 0.2) is 5.03 Å². The lowest BCUT2D eigenvalue weighted by molar-refractivity contribution is -0.479. The molecule has 1 amide bonds. The van der Waals surface area contributed by atoms with E-state index in [0.717, 1.165) is 11.8 Å². The summed E-state index contributed by atoms with van der Waals surface area (Å²) < 4.78 is -1.54. The highest BCUT2D eigenvalue weighted by Gasteiger charge is 2.64. The summed E-state index contributed by atoms with van der Waals surface area (Å²) in [6, 6.07) is 26.9. The van der Waals surface area contributed by atoms with Crippen molar-refractivity contribution < 1.29 is 14.6 Å². The van der Waals surface area contributed by atoms with E-state index < -0.39 is 22.5 Å². The van der Waals surface area contributed by atoms with Crippen LogP contribution in [0.1, 0.15) is 41.7 Å². The topological polar surface area (TPSA) is 107 Å². The molecule has 0 radical (unpaired) electrons. The minimum Gasteiger partial charge on any atom is -0.296 e. The molecule has 10 heteroatoms. The molecule has 1 fully saturated rings. The Bertz CT molecular complexity index is 1440. The normalized spacial score (nSPS) is 23.3. The van der Waals surface area contributed by atoms with Gasteiger partial charge in [0.25, 0.3) is 5.70 Å². The molecule has 0 spiro atoms. The molecule has 40 heavy (non-hydrogen) atoms. The number of thioether (sulfide) groups is 2. The number of nitro groups is 2. The third-order valence-electron chi connectivity index (χ3n) is 7.49. The van der Waals surface area contributed by atoms with Crippen LogP contribution in [0.2, 0.25) is 0 Å². The molecule has 0 N–H and O–H groups in total. The van der Waals surface area contributed by atoms with Gasteiger partial charge in [-0.3, -0.25) is 29.9 Å². The Labute approximate surface area is 241 Å². The predicted molar refractivity (Wildman–Crippen MR) is 158 cm³/mol. The van der Waals surface area contributed by atoms with Crippen molar-refractivity contribution in [3.05, 3.63) is 139 Å². The molecule has 1 saturated heterocycles. The molecule has 0 saturated carbocycles. The van der Waals surface area contributed by atoms with Crippen LogP contribution in [0.4, 0.5) is 0 Å². The molecule has 4 atom stereocenters. The quantitative estimate of drug-likeness (QED) is 0.212. The molecule has 206 valence electrons. The van der Waals surface area contributed by atoms with E-state index in [1.165, 1.54) is 11.8 Å². The van der Waals surface area contributed by atoms with Gasteiger partial charge in [0.1, 0.15) is 10.7 Å². The predicted octanol–water partition coefficient (Wildman–Crippen LogP) is 6.48. The highest BCUT2D eigenvalue weighted by Crippen LogP contribution is 2.62. The van der Waals surface area contributed by atoms with E-state index in [0.29, 0.717) is 27.5 Å². The lowest BCUT2D eigenvalue weighted by Gasteiger charge is -2.46. The Hall–Kier alpha value is -3.63. The summed E-state index contributed by atoms with van der Waals surface area (Å²) >= 11 is 2.51. The maximum absolute atomic E-state index is 15.1. The second-order valence-corrected chi connectivity index (χ2v) is 12.7. The minimum atomic E-state index is -1.54. The third-order valence-corrected chi connectivity index (χ3v) is 10.4. The summed E-state index contributed by atoms with van der Waals surface area (Å²) in [5.74, 6) is -0.654. The first-order chi connectivity index (χ1) is 19.3. The summed E-state index contributed by atoms with van der Waals surface area (Å²) in [5.41, 5.74) is 1.85. The maximum Gasteiger partial charge on any atom is 0.286 e. The second kappa shape index (κ2) is 11.5. The van der Waals surface area contributed by atoms with Crippen LogP contribution in [0.5, 0.6) is 0 Å². The minimum absolute atomic E-state index is 0.0387. The SMILES string of the molecule is CC(C)[C@H]1CSC2=C([N+](=O)[O-])[C@@H](c3ccccc3)[C@](S[C@@H](C[N+](=O)[O-])c3ccccc3)(c3ccccc3)C(=O)N21. The molecule has 2 aliphatic heterocycles. The van der Waals surface area contributed by atoms with Gasteiger partial charge >= 0.3 is 0 Å². The number of benzene rings is 3. The van der Waals surface area contributed by atoms with Crippen LogP contribution in [-0.4, -0.2) is 39.0 Å². The van der Waals surface area contributed by atoms with Crippen molar-refractivity contribution in [1.29, 1.82) is 0 Å². The number of amides is 1. The van der Waals surface area contributed by atoms with Crippen LogP contribution in [0.3, 0.4) is 0 Å². The Morgan fingerprint density at radius 2 is 1.52 bits per heavy atom. The van der Waals surface area contributed by atoms with E-state index in [1.54, 1.807) is 29.2 Å². The van der Waals surface area contributed by atoms with Gasteiger partial charge < -0.3 is 0 Å². The molecule has 8 nitrogen and oxygen atoms in total.